The molecule has 0 aliphatic carbocycles. The molecule has 3 aliphatic rings. The third-order valence-corrected chi connectivity index (χ3v) is 10.1. The van der Waals surface area contributed by atoms with Crippen LogP contribution in [0, 0.1) is 17.0 Å². The number of carbonyl (C=O) groups is 2. The lowest BCUT2D eigenvalue weighted by Crippen LogP contribution is -2.73. The lowest BCUT2D eigenvalue weighted by Gasteiger charge is -2.60. The normalized spacial score (nSPS) is 18.4. The first-order valence-corrected chi connectivity index (χ1v) is 16.0. The zero-order valence-electron chi connectivity index (χ0n) is 25.9. The SMILES string of the molecule is C=CC(=O)N1CCn2nc(-c3nc(N4CC5(CN(C(C)=O)C5)C4)c4ccsc4c3-c3c(F)cc(F)cc3OCCOC)cc2[C@H]1C. The average Bonchev–Trinajstić information content (AvgIpc) is 3.64. The van der Waals surface area contributed by atoms with Crippen LogP contribution in [-0.4, -0.2) is 89.4 Å². The number of nitrogens with zero attached hydrogens (tertiary/aromatic N) is 6. The molecule has 0 bridgehead atoms. The van der Waals surface area contributed by atoms with Crippen molar-refractivity contribution < 1.29 is 27.8 Å². The summed E-state index contributed by atoms with van der Waals surface area (Å²) in [7, 11) is 1.53. The fraction of sp³-hybridized carbons (Fsp3) is 0.394. The monoisotopic (exact) mass is 648 g/mol. The summed E-state index contributed by atoms with van der Waals surface area (Å²) in [6, 6.07) is 5.62. The summed E-state index contributed by atoms with van der Waals surface area (Å²) < 4.78 is 44.3. The van der Waals surface area contributed by atoms with Gasteiger partial charge in [-0.2, -0.15) is 5.10 Å². The summed E-state index contributed by atoms with van der Waals surface area (Å²) in [5, 5.41) is 7.70. The van der Waals surface area contributed by atoms with Crippen LogP contribution in [0.1, 0.15) is 25.6 Å². The minimum atomic E-state index is -0.778. The van der Waals surface area contributed by atoms with Crippen molar-refractivity contribution in [2.75, 3.05) is 57.9 Å². The van der Waals surface area contributed by atoms with Gasteiger partial charge >= 0.3 is 0 Å². The van der Waals surface area contributed by atoms with Gasteiger partial charge in [0.2, 0.25) is 11.8 Å². The zero-order valence-corrected chi connectivity index (χ0v) is 26.7. The second-order valence-electron chi connectivity index (χ2n) is 12.2. The number of hydrogen-bond acceptors (Lipinski definition) is 8. The van der Waals surface area contributed by atoms with Crippen LogP contribution >= 0.6 is 11.3 Å². The Kier molecular flexibility index (Phi) is 7.55. The fourth-order valence-electron chi connectivity index (χ4n) is 6.94. The molecule has 7 rings (SSSR count). The van der Waals surface area contributed by atoms with Gasteiger partial charge in [-0.15, -0.1) is 11.3 Å². The summed E-state index contributed by atoms with van der Waals surface area (Å²) in [5.41, 5.74) is 2.34. The Balaban J connectivity index is 1.39. The number of hydrogen-bond donors (Lipinski definition) is 0. The van der Waals surface area contributed by atoms with Crippen LogP contribution in [-0.2, 0) is 20.9 Å². The van der Waals surface area contributed by atoms with Crippen LogP contribution < -0.4 is 9.64 Å². The Hall–Kier alpha value is -4.36. The van der Waals surface area contributed by atoms with Crippen molar-refractivity contribution in [3.8, 4) is 28.3 Å². The lowest BCUT2D eigenvalue weighted by atomic mass is 9.72. The number of methoxy groups -OCH3 is 1. The smallest absolute Gasteiger partial charge is 0.246 e. The molecule has 0 unspecified atom stereocenters. The number of halogens is 2. The van der Waals surface area contributed by atoms with E-state index in [1.807, 2.05) is 34.0 Å². The molecule has 240 valence electrons. The summed E-state index contributed by atoms with van der Waals surface area (Å²) in [6.07, 6.45) is 1.31. The van der Waals surface area contributed by atoms with Crippen LogP contribution in [0.25, 0.3) is 32.6 Å². The Bertz CT molecular complexity index is 1880. The molecule has 3 aliphatic heterocycles. The number of thiophene rings is 1. The quantitative estimate of drug-likeness (QED) is 0.199. The third kappa shape index (κ3) is 4.92. The molecule has 10 nitrogen and oxygen atoms in total. The molecule has 3 aromatic heterocycles. The second-order valence-corrected chi connectivity index (χ2v) is 13.2. The number of amides is 2. The molecular formula is C33H34F2N6O4S. The number of aromatic nitrogens is 3. The number of anilines is 1. The van der Waals surface area contributed by atoms with E-state index >= 15 is 4.39 Å². The first-order chi connectivity index (χ1) is 22.1. The second kappa shape index (κ2) is 11.5. The van der Waals surface area contributed by atoms with E-state index in [4.69, 9.17) is 19.6 Å². The van der Waals surface area contributed by atoms with Gasteiger partial charge in [-0.25, -0.2) is 13.8 Å². The molecule has 0 saturated carbocycles. The van der Waals surface area contributed by atoms with Gasteiger partial charge in [0.05, 0.1) is 30.5 Å². The van der Waals surface area contributed by atoms with Crippen LogP contribution in [0.4, 0.5) is 14.6 Å². The van der Waals surface area contributed by atoms with E-state index in [-0.39, 0.29) is 47.8 Å². The summed E-state index contributed by atoms with van der Waals surface area (Å²) in [6.45, 7) is 11.3. The van der Waals surface area contributed by atoms with E-state index in [1.54, 1.807) is 11.8 Å². The van der Waals surface area contributed by atoms with Crippen molar-refractivity contribution in [1.82, 2.24) is 24.6 Å². The number of pyridine rings is 1. The highest BCUT2D eigenvalue weighted by Gasteiger charge is 2.53. The average molecular weight is 649 g/mol. The third-order valence-electron chi connectivity index (χ3n) is 9.21. The highest BCUT2D eigenvalue weighted by Crippen LogP contribution is 2.50. The fourth-order valence-corrected chi connectivity index (χ4v) is 7.89. The van der Waals surface area contributed by atoms with E-state index in [2.05, 4.69) is 11.5 Å². The Morgan fingerprint density at radius 3 is 2.63 bits per heavy atom. The van der Waals surface area contributed by atoms with Gasteiger partial charge in [-0.3, -0.25) is 14.3 Å². The standard InChI is InChI=1S/C33H34F2N6O4S/c1-5-27(43)40-7-8-41-25(19(40)2)14-24(37-41)30-29(28-23(35)12-21(34)13-26(28)45-10-9-44-4)31-22(6-11-46-31)32(36-30)39-17-33(18-39)15-38(16-33)20(3)42/h5-6,11-14,19H,1,7-10,15-18H2,2-4H3/t19-/m1/s1. The van der Waals surface area contributed by atoms with Crippen LogP contribution in [0.5, 0.6) is 5.75 Å². The molecule has 0 N–H and O–H groups in total. The topological polar surface area (TPSA) is 93.0 Å². The van der Waals surface area contributed by atoms with E-state index in [9.17, 15) is 14.0 Å². The summed E-state index contributed by atoms with van der Waals surface area (Å²) >= 11 is 1.44. The van der Waals surface area contributed by atoms with Crippen LogP contribution in [0.2, 0.25) is 0 Å². The van der Waals surface area contributed by atoms with Crippen molar-refractivity contribution >= 4 is 39.1 Å². The molecule has 13 heteroatoms. The molecule has 1 atom stereocenters. The summed E-state index contributed by atoms with van der Waals surface area (Å²) in [5.74, 6) is -0.841. The van der Waals surface area contributed by atoms with E-state index in [0.29, 0.717) is 43.1 Å². The van der Waals surface area contributed by atoms with Gasteiger partial charge in [0, 0.05) is 80.0 Å². The van der Waals surface area contributed by atoms with Crippen LogP contribution in [0.15, 0.2) is 42.3 Å². The largest absolute Gasteiger partial charge is 0.490 e. The van der Waals surface area contributed by atoms with Gasteiger partial charge in [-0.05, 0) is 30.5 Å². The minimum absolute atomic E-state index is 0.0318. The highest BCUT2D eigenvalue weighted by atomic mass is 32.1. The summed E-state index contributed by atoms with van der Waals surface area (Å²) in [4.78, 5) is 35.4. The van der Waals surface area contributed by atoms with Crippen LogP contribution in [0.3, 0.4) is 0 Å². The zero-order chi connectivity index (χ0) is 32.3. The molecule has 1 aromatic carbocycles. The number of ether oxygens (including phenoxy) is 2. The molecule has 1 spiro atoms. The van der Waals surface area contributed by atoms with E-state index in [1.165, 1.54) is 30.6 Å². The number of rotatable bonds is 8. The number of likely N-dealkylation sites (tertiary alicyclic amines) is 1. The molecule has 6 heterocycles. The number of fused-ring (bicyclic) bond motifs is 2. The van der Waals surface area contributed by atoms with E-state index < -0.39 is 11.6 Å². The molecule has 4 aromatic rings. The van der Waals surface area contributed by atoms with Gasteiger partial charge in [0.25, 0.3) is 0 Å². The highest BCUT2D eigenvalue weighted by molar-refractivity contribution is 7.18. The lowest BCUT2D eigenvalue weighted by molar-refractivity contribution is -0.142. The first-order valence-electron chi connectivity index (χ1n) is 15.2. The maximum atomic E-state index is 16.0. The molecule has 2 amide bonds. The van der Waals surface area contributed by atoms with Gasteiger partial charge in [0.1, 0.15) is 41.2 Å². The van der Waals surface area contributed by atoms with Crippen molar-refractivity contribution in [2.24, 2.45) is 5.41 Å². The molecule has 2 saturated heterocycles. The minimum Gasteiger partial charge on any atom is -0.490 e. The first kappa shape index (κ1) is 30.3. The Labute approximate surface area is 268 Å². The van der Waals surface area contributed by atoms with Gasteiger partial charge < -0.3 is 24.2 Å². The van der Waals surface area contributed by atoms with E-state index in [0.717, 1.165) is 40.8 Å². The maximum Gasteiger partial charge on any atom is 0.246 e. The number of carbonyl (C=O) groups excluding carboxylic acids is 2. The predicted octanol–water partition coefficient (Wildman–Crippen LogP) is 4.89. The van der Waals surface area contributed by atoms with Gasteiger partial charge in [-0.1, -0.05) is 6.58 Å². The molecular weight excluding hydrogens is 614 g/mol. The van der Waals surface area contributed by atoms with Crippen molar-refractivity contribution in [3.05, 3.63) is 59.6 Å². The Morgan fingerprint density at radius 2 is 1.91 bits per heavy atom. The van der Waals surface area contributed by atoms with Crippen molar-refractivity contribution in [3.63, 3.8) is 0 Å². The molecule has 46 heavy (non-hydrogen) atoms. The predicted molar refractivity (Wildman–Crippen MR) is 171 cm³/mol. The maximum absolute atomic E-state index is 16.0. The number of benzene rings is 1. The van der Waals surface area contributed by atoms with Gasteiger partial charge in [0.15, 0.2) is 0 Å². The Morgan fingerprint density at radius 1 is 1.13 bits per heavy atom. The molecule has 0 radical (unpaired) electrons. The van der Waals surface area contributed by atoms with Crippen molar-refractivity contribution in [1.29, 1.82) is 0 Å². The molecule has 2 fully saturated rings. The van der Waals surface area contributed by atoms with Crippen molar-refractivity contribution in [2.45, 2.75) is 26.4 Å².